The van der Waals surface area contributed by atoms with E-state index in [1.165, 1.54) is 10.3 Å². The Morgan fingerprint density at radius 3 is 2.68 bits per heavy atom. The van der Waals surface area contributed by atoms with E-state index in [9.17, 15) is 4.79 Å². The number of benzene rings is 2. The molecule has 4 nitrogen and oxygen atoms in total. The second-order valence-electron chi connectivity index (χ2n) is 5.98. The zero-order valence-electron chi connectivity index (χ0n) is 14.7. The Labute approximate surface area is 152 Å². The Morgan fingerprint density at radius 1 is 1.16 bits per heavy atom. The van der Waals surface area contributed by atoms with Crippen LogP contribution in [0, 0.1) is 6.92 Å². The number of likely N-dealkylation sites (N-methyl/N-ethyl adjacent to an activating group) is 1. The van der Waals surface area contributed by atoms with Crippen LogP contribution in [0.2, 0.25) is 0 Å². The van der Waals surface area contributed by atoms with Crippen molar-refractivity contribution >= 4 is 33.1 Å². The Balaban J connectivity index is 1.52. The SMILES string of the molecule is CCN(CC(=O)NCCc1nc2ccccc2s1)c1ccccc1C. The molecule has 2 aromatic carbocycles. The molecule has 1 N–H and O–H groups in total. The molecule has 0 radical (unpaired) electrons. The number of hydrogen-bond acceptors (Lipinski definition) is 4. The van der Waals surface area contributed by atoms with Gasteiger partial charge in [-0.15, -0.1) is 11.3 Å². The highest BCUT2D eigenvalue weighted by molar-refractivity contribution is 7.18. The molecule has 1 heterocycles. The first kappa shape index (κ1) is 17.4. The molecule has 1 amide bonds. The standard InChI is InChI=1S/C20H23N3OS/c1-3-23(17-10-6-4-8-15(17)2)14-19(24)21-13-12-20-22-16-9-5-7-11-18(16)25-20/h4-11H,3,12-14H2,1-2H3,(H,21,24). The molecule has 0 aliphatic carbocycles. The maximum absolute atomic E-state index is 12.3. The van der Waals surface area contributed by atoms with Gasteiger partial charge >= 0.3 is 0 Å². The fourth-order valence-corrected chi connectivity index (χ4v) is 3.82. The van der Waals surface area contributed by atoms with Gasteiger partial charge < -0.3 is 10.2 Å². The first-order valence-electron chi connectivity index (χ1n) is 8.59. The topological polar surface area (TPSA) is 45.2 Å². The summed E-state index contributed by atoms with van der Waals surface area (Å²) >= 11 is 1.69. The number of aromatic nitrogens is 1. The number of fused-ring (bicyclic) bond motifs is 1. The number of aryl methyl sites for hydroxylation is 1. The number of hydrogen-bond donors (Lipinski definition) is 1. The highest BCUT2D eigenvalue weighted by Gasteiger charge is 2.11. The van der Waals surface area contributed by atoms with Gasteiger partial charge in [0.25, 0.3) is 0 Å². The highest BCUT2D eigenvalue weighted by Crippen LogP contribution is 2.21. The fraction of sp³-hybridized carbons (Fsp3) is 0.300. The van der Waals surface area contributed by atoms with Crippen LogP contribution in [-0.2, 0) is 11.2 Å². The lowest BCUT2D eigenvalue weighted by molar-refractivity contribution is -0.119. The summed E-state index contributed by atoms with van der Waals surface area (Å²) < 4.78 is 1.19. The van der Waals surface area contributed by atoms with Crippen molar-refractivity contribution in [1.82, 2.24) is 10.3 Å². The number of amides is 1. The summed E-state index contributed by atoms with van der Waals surface area (Å²) in [5.74, 6) is 0.0474. The third-order valence-corrected chi connectivity index (χ3v) is 5.27. The molecule has 5 heteroatoms. The third-order valence-electron chi connectivity index (χ3n) is 4.17. The number of para-hydroxylation sites is 2. The molecule has 3 aromatic rings. The van der Waals surface area contributed by atoms with Crippen LogP contribution in [0.25, 0.3) is 10.2 Å². The van der Waals surface area contributed by atoms with E-state index in [2.05, 4.69) is 47.2 Å². The van der Waals surface area contributed by atoms with Crippen LogP contribution < -0.4 is 10.2 Å². The van der Waals surface area contributed by atoms with E-state index in [4.69, 9.17) is 0 Å². The molecular formula is C20H23N3OS. The first-order chi connectivity index (χ1) is 12.2. The Bertz CT molecular complexity index is 826. The fourth-order valence-electron chi connectivity index (χ4n) is 2.85. The Hall–Kier alpha value is -2.40. The van der Waals surface area contributed by atoms with E-state index >= 15 is 0 Å². The maximum Gasteiger partial charge on any atom is 0.239 e. The number of carbonyl (C=O) groups excluding carboxylic acids is 1. The van der Waals surface area contributed by atoms with E-state index in [0.717, 1.165) is 29.2 Å². The Morgan fingerprint density at radius 2 is 1.92 bits per heavy atom. The largest absolute Gasteiger partial charge is 0.362 e. The average Bonchev–Trinajstić information content (AvgIpc) is 3.03. The molecule has 0 saturated heterocycles. The van der Waals surface area contributed by atoms with Crippen molar-refractivity contribution in [3.8, 4) is 0 Å². The molecule has 0 atom stereocenters. The van der Waals surface area contributed by atoms with Crippen molar-refractivity contribution in [2.45, 2.75) is 20.3 Å². The second-order valence-corrected chi connectivity index (χ2v) is 7.09. The lowest BCUT2D eigenvalue weighted by Crippen LogP contribution is -2.38. The molecule has 1 aromatic heterocycles. The highest BCUT2D eigenvalue weighted by atomic mass is 32.1. The monoisotopic (exact) mass is 353 g/mol. The third kappa shape index (κ3) is 4.37. The van der Waals surface area contributed by atoms with Crippen molar-refractivity contribution in [1.29, 1.82) is 0 Å². The molecule has 0 unspecified atom stereocenters. The van der Waals surface area contributed by atoms with Crippen LogP contribution in [0.3, 0.4) is 0 Å². The van der Waals surface area contributed by atoms with Crippen LogP contribution in [0.5, 0.6) is 0 Å². The van der Waals surface area contributed by atoms with E-state index in [0.29, 0.717) is 13.1 Å². The predicted molar refractivity (Wildman–Crippen MR) is 105 cm³/mol. The molecule has 0 aliphatic heterocycles. The zero-order chi connectivity index (χ0) is 17.6. The minimum absolute atomic E-state index is 0.0474. The predicted octanol–water partition coefficient (Wildman–Crippen LogP) is 3.79. The summed E-state index contributed by atoms with van der Waals surface area (Å²) in [5.41, 5.74) is 3.34. The van der Waals surface area contributed by atoms with E-state index in [1.54, 1.807) is 11.3 Å². The van der Waals surface area contributed by atoms with Crippen LogP contribution >= 0.6 is 11.3 Å². The van der Waals surface area contributed by atoms with E-state index < -0.39 is 0 Å². The molecular weight excluding hydrogens is 330 g/mol. The number of carbonyl (C=O) groups is 1. The van der Waals surface area contributed by atoms with Gasteiger partial charge in [0.05, 0.1) is 21.8 Å². The number of anilines is 1. The smallest absolute Gasteiger partial charge is 0.239 e. The quantitative estimate of drug-likeness (QED) is 0.703. The molecule has 0 aliphatic rings. The van der Waals surface area contributed by atoms with Gasteiger partial charge in [0.15, 0.2) is 0 Å². The maximum atomic E-state index is 12.3. The van der Waals surface area contributed by atoms with Gasteiger partial charge in [0.2, 0.25) is 5.91 Å². The van der Waals surface area contributed by atoms with Gasteiger partial charge in [-0.1, -0.05) is 30.3 Å². The summed E-state index contributed by atoms with van der Waals surface area (Å²) in [6, 6.07) is 16.3. The van der Waals surface area contributed by atoms with Crippen molar-refractivity contribution in [3.05, 3.63) is 59.1 Å². The molecule has 0 fully saturated rings. The number of thiazole rings is 1. The molecule has 3 rings (SSSR count). The van der Waals surface area contributed by atoms with Gasteiger partial charge in [0, 0.05) is 25.2 Å². The van der Waals surface area contributed by atoms with Crippen LogP contribution in [-0.4, -0.2) is 30.5 Å². The van der Waals surface area contributed by atoms with Crippen molar-refractivity contribution < 1.29 is 4.79 Å². The van der Waals surface area contributed by atoms with Crippen LogP contribution in [0.15, 0.2) is 48.5 Å². The second kappa shape index (κ2) is 8.12. The van der Waals surface area contributed by atoms with Crippen molar-refractivity contribution in [2.24, 2.45) is 0 Å². The summed E-state index contributed by atoms with van der Waals surface area (Å²) in [5, 5.41) is 4.08. The van der Waals surface area contributed by atoms with Gasteiger partial charge in [-0.2, -0.15) is 0 Å². The van der Waals surface area contributed by atoms with E-state index in [1.807, 2.05) is 30.3 Å². The summed E-state index contributed by atoms with van der Waals surface area (Å²) in [6.07, 6.45) is 0.765. The molecule has 0 spiro atoms. The summed E-state index contributed by atoms with van der Waals surface area (Å²) in [4.78, 5) is 19.0. The lowest BCUT2D eigenvalue weighted by atomic mass is 10.2. The van der Waals surface area contributed by atoms with Gasteiger partial charge in [-0.3, -0.25) is 4.79 Å². The minimum atomic E-state index is 0.0474. The zero-order valence-corrected chi connectivity index (χ0v) is 15.5. The number of nitrogens with zero attached hydrogens (tertiary/aromatic N) is 2. The first-order valence-corrected chi connectivity index (χ1v) is 9.40. The molecule has 0 saturated carbocycles. The van der Waals surface area contributed by atoms with Crippen molar-refractivity contribution in [3.63, 3.8) is 0 Å². The number of nitrogens with one attached hydrogen (secondary N) is 1. The molecule has 0 bridgehead atoms. The summed E-state index contributed by atoms with van der Waals surface area (Å²) in [7, 11) is 0. The molecule has 25 heavy (non-hydrogen) atoms. The van der Waals surface area contributed by atoms with Crippen LogP contribution in [0.4, 0.5) is 5.69 Å². The number of rotatable bonds is 7. The van der Waals surface area contributed by atoms with E-state index in [-0.39, 0.29) is 5.91 Å². The molecule has 130 valence electrons. The van der Waals surface area contributed by atoms with Crippen LogP contribution in [0.1, 0.15) is 17.5 Å². The van der Waals surface area contributed by atoms with Crippen molar-refractivity contribution in [2.75, 3.05) is 24.5 Å². The normalized spacial score (nSPS) is 10.8. The summed E-state index contributed by atoms with van der Waals surface area (Å²) in [6.45, 7) is 5.94. The lowest BCUT2D eigenvalue weighted by Gasteiger charge is -2.24. The Kier molecular flexibility index (Phi) is 5.66. The van der Waals surface area contributed by atoms with Gasteiger partial charge in [-0.25, -0.2) is 4.98 Å². The van der Waals surface area contributed by atoms with Gasteiger partial charge in [0.1, 0.15) is 0 Å². The average molecular weight is 353 g/mol. The minimum Gasteiger partial charge on any atom is -0.362 e. The van der Waals surface area contributed by atoms with Gasteiger partial charge in [-0.05, 0) is 37.6 Å².